The van der Waals surface area contributed by atoms with E-state index in [4.69, 9.17) is 15.3 Å². The van der Waals surface area contributed by atoms with Crippen molar-refractivity contribution in [2.45, 2.75) is 25.1 Å². The van der Waals surface area contributed by atoms with E-state index in [1.165, 1.54) is 0 Å². The number of halogens is 3. The fourth-order valence-corrected chi connectivity index (χ4v) is 1.36. The predicted octanol–water partition coefficient (Wildman–Crippen LogP) is -0.129. The molecule has 0 aromatic rings. The quantitative estimate of drug-likeness (QED) is 0.494. The second-order valence-corrected chi connectivity index (χ2v) is 4.03. The summed E-state index contributed by atoms with van der Waals surface area (Å²) in [6.07, 6.45) is -5.77. The Labute approximate surface area is 117 Å². The number of carboxylic acids is 2. The fourth-order valence-electron chi connectivity index (χ4n) is 1.36. The van der Waals surface area contributed by atoms with Crippen LogP contribution in [-0.2, 0) is 9.59 Å². The van der Waals surface area contributed by atoms with Crippen molar-refractivity contribution in [1.29, 1.82) is 0 Å². The summed E-state index contributed by atoms with van der Waals surface area (Å²) in [5.41, 5.74) is 0. The van der Waals surface area contributed by atoms with E-state index in [0.717, 1.165) is 0 Å². The lowest BCUT2D eigenvalue weighted by Gasteiger charge is -2.25. The molecule has 0 rings (SSSR count). The minimum absolute atomic E-state index is 0.191. The van der Waals surface area contributed by atoms with Crippen molar-refractivity contribution in [1.82, 2.24) is 10.2 Å². The van der Waals surface area contributed by atoms with Crippen LogP contribution in [0.3, 0.4) is 0 Å². The number of aliphatic carboxylic acids is 2. The third-order valence-corrected chi connectivity index (χ3v) is 2.27. The highest BCUT2D eigenvalue weighted by Gasteiger charge is 2.34. The number of rotatable bonds is 8. The van der Waals surface area contributed by atoms with E-state index < -0.39 is 62.7 Å². The summed E-state index contributed by atoms with van der Waals surface area (Å²) in [4.78, 5) is 32.9. The molecule has 0 unspecified atom stereocenters. The Bertz CT molecular complexity index is 387. The molecule has 122 valence electrons. The number of nitrogens with one attached hydrogen (secondary N) is 1. The van der Waals surface area contributed by atoms with Gasteiger partial charge in [0.05, 0.1) is 6.61 Å². The molecule has 0 fully saturated rings. The van der Waals surface area contributed by atoms with Gasteiger partial charge in [-0.25, -0.2) is 9.59 Å². The Morgan fingerprint density at radius 1 is 1.19 bits per heavy atom. The average Bonchev–Trinajstić information content (AvgIpc) is 2.31. The molecule has 0 aromatic heterocycles. The van der Waals surface area contributed by atoms with Gasteiger partial charge in [0.1, 0.15) is 12.6 Å². The Morgan fingerprint density at radius 3 is 2.14 bits per heavy atom. The van der Waals surface area contributed by atoms with Crippen LogP contribution in [0.15, 0.2) is 0 Å². The number of urea groups is 1. The third kappa shape index (κ3) is 8.68. The largest absolute Gasteiger partial charge is 0.481 e. The number of carbonyl (C=O) groups is 3. The second kappa shape index (κ2) is 8.29. The third-order valence-electron chi connectivity index (χ3n) is 2.27. The lowest BCUT2D eigenvalue weighted by atomic mass is 10.1. The molecule has 0 bridgehead atoms. The van der Waals surface area contributed by atoms with E-state index in [1.807, 2.05) is 0 Å². The first-order valence-corrected chi connectivity index (χ1v) is 5.74. The highest BCUT2D eigenvalue weighted by atomic mass is 19.4. The maximum absolute atomic E-state index is 12.2. The van der Waals surface area contributed by atoms with E-state index in [0.29, 0.717) is 0 Å². The Balaban J connectivity index is 4.74. The summed E-state index contributed by atoms with van der Waals surface area (Å²) in [7, 11) is 0. The Morgan fingerprint density at radius 2 is 1.76 bits per heavy atom. The van der Waals surface area contributed by atoms with Crippen LogP contribution >= 0.6 is 0 Å². The lowest BCUT2D eigenvalue weighted by Crippen LogP contribution is -2.51. The first-order valence-electron chi connectivity index (χ1n) is 5.74. The first-order chi connectivity index (χ1) is 9.56. The van der Waals surface area contributed by atoms with E-state index in [2.05, 4.69) is 0 Å². The van der Waals surface area contributed by atoms with Gasteiger partial charge in [-0.2, -0.15) is 13.2 Å². The monoisotopic (exact) mass is 316 g/mol. The smallest absolute Gasteiger partial charge is 0.406 e. The molecule has 0 saturated carbocycles. The molecule has 0 heterocycles. The topological polar surface area (TPSA) is 127 Å². The number of aliphatic hydroxyl groups is 1. The molecular formula is C10H15F3N2O6. The molecule has 4 N–H and O–H groups in total. The van der Waals surface area contributed by atoms with Crippen molar-refractivity contribution < 1.29 is 42.9 Å². The van der Waals surface area contributed by atoms with Gasteiger partial charge in [-0.3, -0.25) is 4.79 Å². The van der Waals surface area contributed by atoms with Crippen LogP contribution in [0, 0.1) is 0 Å². The van der Waals surface area contributed by atoms with Crippen LogP contribution in [0.1, 0.15) is 12.8 Å². The van der Waals surface area contributed by atoms with Crippen molar-refractivity contribution in [3.8, 4) is 0 Å². The van der Waals surface area contributed by atoms with Crippen LogP contribution in [0.25, 0.3) is 0 Å². The summed E-state index contributed by atoms with van der Waals surface area (Å²) >= 11 is 0. The van der Waals surface area contributed by atoms with Gasteiger partial charge in [0.15, 0.2) is 0 Å². The maximum atomic E-state index is 12.2. The molecular weight excluding hydrogens is 301 g/mol. The number of carbonyl (C=O) groups excluding carboxylic acids is 1. The molecule has 2 amide bonds. The van der Waals surface area contributed by atoms with Crippen LogP contribution in [-0.4, -0.2) is 70.1 Å². The summed E-state index contributed by atoms with van der Waals surface area (Å²) in [5, 5.41) is 27.6. The molecule has 21 heavy (non-hydrogen) atoms. The van der Waals surface area contributed by atoms with Gasteiger partial charge < -0.3 is 25.5 Å². The predicted molar refractivity (Wildman–Crippen MR) is 61.5 cm³/mol. The number of aliphatic hydroxyl groups excluding tert-OH is 1. The normalized spacial score (nSPS) is 12.6. The minimum Gasteiger partial charge on any atom is -0.481 e. The van der Waals surface area contributed by atoms with Gasteiger partial charge in [0.25, 0.3) is 0 Å². The van der Waals surface area contributed by atoms with Gasteiger partial charge in [-0.15, -0.1) is 0 Å². The van der Waals surface area contributed by atoms with E-state index in [9.17, 15) is 27.6 Å². The highest BCUT2D eigenvalue weighted by Crippen LogP contribution is 2.16. The number of hydrogen-bond donors (Lipinski definition) is 4. The van der Waals surface area contributed by atoms with Crippen LogP contribution in [0.5, 0.6) is 0 Å². The first kappa shape index (κ1) is 19.0. The SMILES string of the molecule is O=C(O)CC[C@H](NC(=O)N(CCO)CC(F)(F)F)C(=O)O. The number of amides is 2. The van der Waals surface area contributed by atoms with Crippen molar-refractivity contribution >= 4 is 18.0 Å². The van der Waals surface area contributed by atoms with Gasteiger partial charge in [0.2, 0.25) is 0 Å². The van der Waals surface area contributed by atoms with E-state index in [1.54, 1.807) is 5.32 Å². The highest BCUT2D eigenvalue weighted by molar-refractivity contribution is 5.83. The van der Waals surface area contributed by atoms with Gasteiger partial charge >= 0.3 is 24.1 Å². The molecule has 0 saturated heterocycles. The summed E-state index contributed by atoms with van der Waals surface area (Å²) in [5.74, 6) is -2.88. The van der Waals surface area contributed by atoms with Crippen molar-refractivity contribution in [2.75, 3.05) is 19.7 Å². The molecule has 0 aliphatic heterocycles. The van der Waals surface area contributed by atoms with E-state index in [-0.39, 0.29) is 4.90 Å². The maximum Gasteiger partial charge on any atom is 0.406 e. The molecule has 0 aliphatic rings. The summed E-state index contributed by atoms with van der Waals surface area (Å²) < 4.78 is 36.7. The standard InChI is InChI=1S/C10H15F3N2O6/c11-10(12,13)5-15(3-4-16)9(21)14-6(8(19)20)1-2-7(17)18/h6,16H,1-5H2,(H,14,21)(H,17,18)(H,19,20)/t6-/m0/s1. The number of hydrogen-bond acceptors (Lipinski definition) is 4. The average molecular weight is 316 g/mol. The van der Waals surface area contributed by atoms with Crippen LogP contribution < -0.4 is 5.32 Å². The summed E-state index contributed by atoms with van der Waals surface area (Å²) in [6.45, 7) is -3.04. The molecule has 1 atom stereocenters. The molecule has 11 heteroatoms. The zero-order valence-electron chi connectivity index (χ0n) is 10.8. The van der Waals surface area contributed by atoms with Crippen LogP contribution in [0.4, 0.5) is 18.0 Å². The molecule has 0 aromatic carbocycles. The fraction of sp³-hybridized carbons (Fsp3) is 0.700. The number of nitrogens with zero attached hydrogens (tertiary/aromatic N) is 1. The Kier molecular flexibility index (Phi) is 7.49. The number of alkyl halides is 3. The Hall–Kier alpha value is -2.04. The lowest BCUT2D eigenvalue weighted by molar-refractivity contribution is -0.141. The van der Waals surface area contributed by atoms with Gasteiger partial charge in [-0.1, -0.05) is 0 Å². The molecule has 0 spiro atoms. The summed E-state index contributed by atoms with van der Waals surface area (Å²) in [6, 6.07) is -2.98. The molecule has 8 nitrogen and oxygen atoms in total. The van der Waals surface area contributed by atoms with Crippen molar-refractivity contribution in [3.05, 3.63) is 0 Å². The zero-order valence-corrected chi connectivity index (χ0v) is 10.8. The molecule has 0 radical (unpaired) electrons. The second-order valence-electron chi connectivity index (χ2n) is 4.03. The van der Waals surface area contributed by atoms with Crippen LogP contribution in [0.2, 0.25) is 0 Å². The van der Waals surface area contributed by atoms with Gasteiger partial charge in [0, 0.05) is 13.0 Å². The zero-order chi connectivity index (χ0) is 16.6. The van der Waals surface area contributed by atoms with Crippen molar-refractivity contribution in [3.63, 3.8) is 0 Å². The van der Waals surface area contributed by atoms with Gasteiger partial charge in [-0.05, 0) is 6.42 Å². The molecule has 0 aliphatic carbocycles. The number of carboxylic acid groups (broad SMARTS) is 2. The van der Waals surface area contributed by atoms with E-state index >= 15 is 0 Å². The minimum atomic E-state index is -4.72. The van der Waals surface area contributed by atoms with Crippen molar-refractivity contribution in [2.24, 2.45) is 0 Å².